The zero-order valence-electron chi connectivity index (χ0n) is 8.33. The fourth-order valence-electron chi connectivity index (χ4n) is 0.762. The van der Waals surface area contributed by atoms with E-state index in [0.717, 1.165) is 0 Å². The van der Waals surface area contributed by atoms with Gasteiger partial charge < -0.3 is 11.1 Å². The van der Waals surface area contributed by atoms with Crippen LogP contribution in [0, 0.1) is 5.41 Å². The second-order valence-corrected chi connectivity index (χ2v) is 2.15. The molecule has 0 bridgehead atoms. The van der Waals surface area contributed by atoms with E-state index in [1.807, 2.05) is 20.8 Å². The minimum atomic E-state index is 0.381. The molecule has 0 aliphatic heterocycles. The molecule has 0 radical (unpaired) electrons. The summed E-state index contributed by atoms with van der Waals surface area (Å²) in [7, 11) is 0. The van der Waals surface area contributed by atoms with Crippen molar-refractivity contribution in [2.24, 2.45) is 0 Å². The normalized spacial score (nSPS) is 8.54. The highest BCUT2D eigenvalue weighted by atomic mass is 14.9. The Labute approximate surface area is 78.7 Å². The van der Waals surface area contributed by atoms with Crippen molar-refractivity contribution in [3.63, 3.8) is 0 Å². The predicted octanol–water partition coefficient (Wildman–Crippen LogP) is 1.86. The van der Waals surface area contributed by atoms with Crippen LogP contribution >= 0.6 is 0 Å². The van der Waals surface area contributed by atoms with Gasteiger partial charge in [0.15, 0.2) is 0 Å². The van der Waals surface area contributed by atoms with Gasteiger partial charge in [-0.2, -0.15) is 0 Å². The zero-order chi connectivity index (χ0) is 10.3. The molecule has 1 heterocycles. The summed E-state index contributed by atoms with van der Waals surface area (Å²) >= 11 is 0. The van der Waals surface area contributed by atoms with Crippen LogP contribution in [-0.2, 0) is 0 Å². The fraction of sp³-hybridized carbons (Fsp3) is 0.444. The lowest BCUT2D eigenvalue weighted by molar-refractivity contribution is 1.14. The molecule has 72 valence electrons. The first-order valence-electron chi connectivity index (χ1n) is 4.39. The molecule has 0 spiro atoms. The van der Waals surface area contributed by atoms with Gasteiger partial charge in [0.25, 0.3) is 0 Å². The third kappa shape index (κ3) is 3.19. The van der Waals surface area contributed by atoms with Gasteiger partial charge in [-0.25, -0.2) is 9.97 Å². The van der Waals surface area contributed by atoms with Gasteiger partial charge in [-0.3, -0.25) is 0 Å². The highest BCUT2D eigenvalue weighted by Crippen LogP contribution is 2.07. The molecule has 0 atom stereocenters. The largest absolute Gasteiger partial charge is 0.383 e. The maximum atomic E-state index is 7.46. The number of hydrogen-bond acceptors (Lipinski definition) is 4. The minimum absolute atomic E-state index is 0.381. The Morgan fingerprint density at radius 2 is 2.15 bits per heavy atom. The van der Waals surface area contributed by atoms with Crippen LogP contribution in [0.5, 0.6) is 0 Å². The molecule has 4 nitrogen and oxygen atoms in total. The van der Waals surface area contributed by atoms with Gasteiger partial charge in [-0.15, -0.1) is 0 Å². The van der Waals surface area contributed by atoms with Crippen molar-refractivity contribution >= 4 is 11.5 Å². The molecule has 0 amide bonds. The molecule has 0 unspecified atom stereocenters. The summed E-state index contributed by atoms with van der Waals surface area (Å²) < 4.78 is 0. The highest BCUT2D eigenvalue weighted by Gasteiger charge is 2.03. The maximum absolute atomic E-state index is 7.46. The number of nitrogens with one attached hydrogen (secondary N) is 1. The lowest BCUT2D eigenvalue weighted by atomic mass is 10.1. The molecule has 0 aliphatic carbocycles. The van der Waals surface area contributed by atoms with E-state index in [9.17, 15) is 0 Å². The van der Waals surface area contributed by atoms with Crippen LogP contribution in [0.2, 0.25) is 0 Å². The van der Waals surface area contributed by atoms with Gasteiger partial charge in [-0.1, -0.05) is 20.8 Å². The molecule has 3 N–H and O–H groups in total. The van der Waals surface area contributed by atoms with E-state index >= 15 is 0 Å². The van der Waals surface area contributed by atoms with Crippen LogP contribution in [0.15, 0.2) is 12.5 Å². The SMILES string of the molecule is CC.CCC(=N)c1cncnc1N. The second kappa shape index (κ2) is 6.11. The van der Waals surface area contributed by atoms with Crippen molar-refractivity contribution in [2.75, 3.05) is 5.73 Å². The first kappa shape index (κ1) is 11.6. The lowest BCUT2D eigenvalue weighted by Crippen LogP contribution is -2.04. The number of nitrogens with zero attached hydrogens (tertiary/aromatic N) is 2. The summed E-state index contributed by atoms with van der Waals surface area (Å²) in [5.41, 5.74) is 6.61. The van der Waals surface area contributed by atoms with E-state index in [0.29, 0.717) is 23.5 Å². The molecule has 1 aromatic rings. The molecule has 0 saturated carbocycles. The Kier molecular flexibility index (Phi) is 5.43. The molecular formula is C9H16N4. The van der Waals surface area contributed by atoms with Crippen molar-refractivity contribution in [1.82, 2.24) is 9.97 Å². The summed E-state index contributed by atoms with van der Waals surface area (Å²) in [5.74, 6) is 0.381. The van der Waals surface area contributed by atoms with Gasteiger partial charge in [0.05, 0.1) is 5.56 Å². The lowest BCUT2D eigenvalue weighted by Gasteiger charge is -2.01. The molecule has 1 rings (SSSR count). The summed E-state index contributed by atoms with van der Waals surface area (Å²) in [6, 6.07) is 0. The van der Waals surface area contributed by atoms with Gasteiger partial charge in [-0.05, 0) is 6.42 Å². The fourth-order valence-corrected chi connectivity index (χ4v) is 0.762. The molecule has 13 heavy (non-hydrogen) atoms. The second-order valence-electron chi connectivity index (χ2n) is 2.15. The molecule has 4 heteroatoms. The van der Waals surface area contributed by atoms with Gasteiger partial charge >= 0.3 is 0 Å². The van der Waals surface area contributed by atoms with Crippen LogP contribution in [0.4, 0.5) is 5.82 Å². The topological polar surface area (TPSA) is 75.7 Å². The molecule has 0 fully saturated rings. The van der Waals surface area contributed by atoms with Crippen LogP contribution in [0.3, 0.4) is 0 Å². The number of rotatable bonds is 2. The molecule has 0 aromatic carbocycles. The van der Waals surface area contributed by atoms with E-state index < -0.39 is 0 Å². The van der Waals surface area contributed by atoms with E-state index in [1.165, 1.54) is 6.33 Å². The number of hydrogen-bond donors (Lipinski definition) is 2. The van der Waals surface area contributed by atoms with Crippen molar-refractivity contribution < 1.29 is 0 Å². The van der Waals surface area contributed by atoms with Gasteiger partial charge in [0.1, 0.15) is 12.1 Å². The number of anilines is 1. The minimum Gasteiger partial charge on any atom is -0.383 e. The predicted molar refractivity (Wildman–Crippen MR) is 54.9 cm³/mol. The zero-order valence-corrected chi connectivity index (χ0v) is 8.33. The Morgan fingerprint density at radius 3 is 2.62 bits per heavy atom. The van der Waals surface area contributed by atoms with Crippen LogP contribution in [-0.4, -0.2) is 15.7 Å². The molecular weight excluding hydrogens is 164 g/mol. The van der Waals surface area contributed by atoms with Crippen LogP contribution < -0.4 is 5.73 Å². The molecule has 0 saturated heterocycles. The van der Waals surface area contributed by atoms with E-state index in [-0.39, 0.29) is 0 Å². The van der Waals surface area contributed by atoms with Crippen molar-refractivity contribution in [2.45, 2.75) is 27.2 Å². The first-order valence-corrected chi connectivity index (χ1v) is 4.39. The third-order valence-corrected chi connectivity index (χ3v) is 1.42. The number of aromatic nitrogens is 2. The average Bonchev–Trinajstić information content (AvgIpc) is 2.20. The highest BCUT2D eigenvalue weighted by molar-refractivity contribution is 6.01. The number of nitrogens with two attached hydrogens (primary N) is 1. The van der Waals surface area contributed by atoms with E-state index in [4.69, 9.17) is 11.1 Å². The van der Waals surface area contributed by atoms with Crippen molar-refractivity contribution in [3.05, 3.63) is 18.1 Å². The van der Waals surface area contributed by atoms with Crippen molar-refractivity contribution in [3.8, 4) is 0 Å². The standard InChI is InChI=1S/C7H10N4.C2H6/c1-2-6(8)5-3-10-4-11-7(5)9;1-2/h3-4,8H,2H2,1H3,(H2,9,10,11);1-2H3. The summed E-state index contributed by atoms with van der Waals surface area (Å²) in [5, 5.41) is 7.46. The van der Waals surface area contributed by atoms with Crippen molar-refractivity contribution in [1.29, 1.82) is 5.41 Å². The first-order chi connectivity index (χ1) is 6.25. The third-order valence-electron chi connectivity index (χ3n) is 1.42. The summed E-state index contributed by atoms with van der Waals surface area (Å²) in [6.45, 7) is 5.90. The van der Waals surface area contributed by atoms with Crippen LogP contribution in [0.25, 0.3) is 0 Å². The average molecular weight is 180 g/mol. The van der Waals surface area contributed by atoms with E-state index in [2.05, 4.69) is 9.97 Å². The number of nitrogen functional groups attached to an aromatic ring is 1. The molecule has 0 aliphatic rings. The Hall–Kier alpha value is -1.45. The Bertz CT molecular complexity index is 270. The smallest absolute Gasteiger partial charge is 0.135 e. The van der Waals surface area contributed by atoms with E-state index in [1.54, 1.807) is 6.20 Å². The van der Waals surface area contributed by atoms with Gasteiger partial charge in [0.2, 0.25) is 0 Å². The molecule has 1 aromatic heterocycles. The monoisotopic (exact) mass is 180 g/mol. The Balaban J connectivity index is 0.000000671. The summed E-state index contributed by atoms with van der Waals surface area (Å²) in [4.78, 5) is 7.56. The van der Waals surface area contributed by atoms with Gasteiger partial charge in [0, 0.05) is 11.9 Å². The van der Waals surface area contributed by atoms with Crippen LogP contribution in [0.1, 0.15) is 32.8 Å². The Morgan fingerprint density at radius 1 is 1.54 bits per heavy atom. The quantitative estimate of drug-likeness (QED) is 0.682. The maximum Gasteiger partial charge on any atom is 0.135 e. The summed E-state index contributed by atoms with van der Waals surface area (Å²) in [6.07, 6.45) is 3.59.